The van der Waals surface area contributed by atoms with Crippen LogP contribution < -0.4 is 5.32 Å². The van der Waals surface area contributed by atoms with Crippen molar-refractivity contribution in [1.82, 2.24) is 5.32 Å². The first-order valence-electron chi connectivity index (χ1n) is 5.66. The Hall–Kier alpha value is -1.06. The van der Waals surface area contributed by atoms with Crippen molar-refractivity contribution in [2.45, 2.75) is 38.3 Å². The summed E-state index contributed by atoms with van der Waals surface area (Å²) in [7, 11) is 0. The number of hydrogen-bond donors (Lipinski definition) is 2. The van der Waals surface area contributed by atoms with Crippen LogP contribution in [0.25, 0.3) is 0 Å². The highest BCUT2D eigenvalue weighted by Crippen LogP contribution is 2.07. The molecular formula is C13H18ClNO2. The molecule has 0 fully saturated rings. The third kappa shape index (κ3) is 4.75. The molecule has 2 unspecified atom stereocenters. The van der Waals surface area contributed by atoms with Crippen molar-refractivity contribution in [3.05, 3.63) is 35.4 Å². The maximum Gasteiger partial charge on any atom is 0.251 e. The maximum absolute atomic E-state index is 11.8. The van der Waals surface area contributed by atoms with E-state index in [-0.39, 0.29) is 11.9 Å². The summed E-state index contributed by atoms with van der Waals surface area (Å²) >= 11 is 5.67. The summed E-state index contributed by atoms with van der Waals surface area (Å²) in [6, 6.07) is 7.13. The Morgan fingerprint density at radius 2 is 1.94 bits per heavy atom. The average Bonchev–Trinajstić information content (AvgIpc) is 2.28. The van der Waals surface area contributed by atoms with E-state index in [1.807, 2.05) is 19.1 Å². The van der Waals surface area contributed by atoms with Crippen LogP contribution in [0.15, 0.2) is 24.3 Å². The molecule has 4 heteroatoms. The Labute approximate surface area is 107 Å². The molecule has 0 saturated carbocycles. The lowest BCUT2D eigenvalue weighted by Gasteiger charge is -2.15. The zero-order valence-corrected chi connectivity index (χ0v) is 10.9. The van der Waals surface area contributed by atoms with Gasteiger partial charge in [-0.25, -0.2) is 0 Å². The number of alkyl halides is 1. The summed E-state index contributed by atoms with van der Waals surface area (Å²) in [6.07, 6.45) is 0.134. The van der Waals surface area contributed by atoms with Crippen LogP contribution in [0.3, 0.4) is 0 Å². The molecule has 1 rings (SSSR count). The fourth-order valence-corrected chi connectivity index (χ4v) is 1.80. The third-order valence-electron chi connectivity index (χ3n) is 2.44. The second-order valence-electron chi connectivity index (χ2n) is 4.29. The Morgan fingerprint density at radius 3 is 2.41 bits per heavy atom. The van der Waals surface area contributed by atoms with E-state index in [1.54, 1.807) is 19.1 Å². The topological polar surface area (TPSA) is 49.3 Å². The standard InChI is InChI=1S/C13H18ClNO2/c1-9(7-10(2)16)15-13(17)12-5-3-11(8-14)4-6-12/h3-6,9-10,16H,7-8H2,1-2H3,(H,15,17). The second kappa shape index (κ2) is 6.62. The summed E-state index contributed by atoms with van der Waals surface area (Å²) in [4.78, 5) is 11.8. The van der Waals surface area contributed by atoms with E-state index in [2.05, 4.69) is 5.32 Å². The molecule has 2 atom stereocenters. The van der Waals surface area contributed by atoms with Gasteiger partial charge in [0.25, 0.3) is 5.91 Å². The summed E-state index contributed by atoms with van der Waals surface area (Å²) in [5.41, 5.74) is 1.59. The number of carbonyl (C=O) groups is 1. The second-order valence-corrected chi connectivity index (χ2v) is 4.56. The van der Waals surface area contributed by atoms with Crippen molar-refractivity contribution in [1.29, 1.82) is 0 Å². The number of amides is 1. The number of hydrogen-bond acceptors (Lipinski definition) is 2. The highest BCUT2D eigenvalue weighted by Gasteiger charge is 2.11. The van der Waals surface area contributed by atoms with Gasteiger partial charge in [0.1, 0.15) is 0 Å². The van der Waals surface area contributed by atoms with E-state index in [0.29, 0.717) is 17.9 Å². The van der Waals surface area contributed by atoms with Crippen molar-refractivity contribution < 1.29 is 9.90 Å². The molecule has 0 aliphatic heterocycles. The van der Waals surface area contributed by atoms with E-state index in [9.17, 15) is 9.90 Å². The van der Waals surface area contributed by atoms with Gasteiger partial charge < -0.3 is 10.4 Å². The van der Waals surface area contributed by atoms with Gasteiger partial charge in [-0.3, -0.25) is 4.79 Å². The monoisotopic (exact) mass is 255 g/mol. The minimum atomic E-state index is -0.413. The zero-order chi connectivity index (χ0) is 12.8. The first kappa shape index (κ1) is 14.0. The number of carbonyl (C=O) groups excluding carboxylic acids is 1. The van der Waals surface area contributed by atoms with Crippen molar-refractivity contribution in [2.24, 2.45) is 0 Å². The van der Waals surface area contributed by atoms with Crippen LogP contribution in [0, 0.1) is 0 Å². The minimum Gasteiger partial charge on any atom is -0.393 e. The lowest BCUT2D eigenvalue weighted by molar-refractivity contribution is 0.0923. The van der Waals surface area contributed by atoms with Gasteiger partial charge in [-0.15, -0.1) is 11.6 Å². The van der Waals surface area contributed by atoms with Gasteiger partial charge in [-0.05, 0) is 38.0 Å². The molecule has 0 aromatic heterocycles. The molecule has 2 N–H and O–H groups in total. The highest BCUT2D eigenvalue weighted by molar-refractivity contribution is 6.17. The number of aliphatic hydroxyl groups excluding tert-OH is 1. The number of aliphatic hydroxyl groups is 1. The van der Waals surface area contributed by atoms with Gasteiger partial charge in [0.15, 0.2) is 0 Å². The van der Waals surface area contributed by atoms with Crippen molar-refractivity contribution >= 4 is 17.5 Å². The molecule has 17 heavy (non-hydrogen) atoms. The fourth-order valence-electron chi connectivity index (χ4n) is 1.62. The SMILES string of the molecule is CC(O)CC(C)NC(=O)c1ccc(CCl)cc1. The summed E-state index contributed by atoms with van der Waals surface area (Å²) < 4.78 is 0. The van der Waals surface area contributed by atoms with Crippen molar-refractivity contribution in [3.8, 4) is 0 Å². The predicted molar refractivity (Wildman–Crippen MR) is 69.2 cm³/mol. The van der Waals surface area contributed by atoms with Crippen LogP contribution in [-0.4, -0.2) is 23.2 Å². The van der Waals surface area contributed by atoms with E-state index in [1.165, 1.54) is 0 Å². The van der Waals surface area contributed by atoms with E-state index in [0.717, 1.165) is 5.56 Å². The van der Waals surface area contributed by atoms with Crippen LogP contribution in [0.4, 0.5) is 0 Å². The Balaban J connectivity index is 2.57. The Bertz CT molecular complexity index is 362. The molecule has 3 nitrogen and oxygen atoms in total. The molecule has 0 radical (unpaired) electrons. The number of rotatable bonds is 5. The Kier molecular flexibility index (Phi) is 5.45. The predicted octanol–water partition coefficient (Wildman–Crippen LogP) is 2.31. The molecule has 94 valence electrons. The molecule has 0 aliphatic carbocycles. The van der Waals surface area contributed by atoms with Gasteiger partial charge in [-0.1, -0.05) is 12.1 Å². The molecular weight excluding hydrogens is 238 g/mol. The van der Waals surface area contributed by atoms with Crippen molar-refractivity contribution in [2.75, 3.05) is 0 Å². The first-order valence-corrected chi connectivity index (χ1v) is 6.20. The Morgan fingerprint density at radius 1 is 1.35 bits per heavy atom. The third-order valence-corrected chi connectivity index (χ3v) is 2.75. The van der Waals surface area contributed by atoms with Gasteiger partial charge in [0.05, 0.1) is 6.10 Å². The quantitative estimate of drug-likeness (QED) is 0.794. The molecule has 1 aromatic rings. The summed E-state index contributed by atoms with van der Waals surface area (Å²) in [5, 5.41) is 12.0. The lowest BCUT2D eigenvalue weighted by Crippen LogP contribution is -2.34. The molecule has 0 bridgehead atoms. The van der Waals surface area contributed by atoms with E-state index < -0.39 is 6.10 Å². The highest BCUT2D eigenvalue weighted by atomic mass is 35.5. The van der Waals surface area contributed by atoms with E-state index >= 15 is 0 Å². The summed E-state index contributed by atoms with van der Waals surface area (Å²) in [6.45, 7) is 3.58. The minimum absolute atomic E-state index is 0.0461. The lowest BCUT2D eigenvalue weighted by atomic mass is 10.1. The molecule has 0 heterocycles. The first-order chi connectivity index (χ1) is 8.02. The molecule has 0 saturated heterocycles. The largest absolute Gasteiger partial charge is 0.393 e. The molecule has 1 aromatic carbocycles. The number of benzene rings is 1. The van der Waals surface area contributed by atoms with Crippen molar-refractivity contribution in [3.63, 3.8) is 0 Å². The van der Waals surface area contributed by atoms with Crippen LogP contribution >= 0.6 is 11.6 Å². The molecule has 1 amide bonds. The van der Waals surface area contributed by atoms with Gasteiger partial charge in [0.2, 0.25) is 0 Å². The maximum atomic E-state index is 11.8. The zero-order valence-electron chi connectivity index (χ0n) is 10.1. The number of halogens is 1. The smallest absolute Gasteiger partial charge is 0.251 e. The number of nitrogens with one attached hydrogen (secondary N) is 1. The average molecular weight is 256 g/mol. The fraction of sp³-hybridized carbons (Fsp3) is 0.462. The van der Waals surface area contributed by atoms with Gasteiger partial charge in [-0.2, -0.15) is 0 Å². The van der Waals surface area contributed by atoms with Crippen LogP contribution in [0.5, 0.6) is 0 Å². The van der Waals surface area contributed by atoms with Crippen LogP contribution in [-0.2, 0) is 5.88 Å². The summed E-state index contributed by atoms with van der Waals surface area (Å²) in [5.74, 6) is 0.319. The van der Waals surface area contributed by atoms with Crippen LogP contribution in [0.2, 0.25) is 0 Å². The molecule has 0 aliphatic rings. The van der Waals surface area contributed by atoms with E-state index in [4.69, 9.17) is 11.6 Å². The van der Waals surface area contributed by atoms with Gasteiger partial charge in [0, 0.05) is 17.5 Å². The van der Waals surface area contributed by atoms with Crippen LogP contribution in [0.1, 0.15) is 36.2 Å². The normalized spacial score (nSPS) is 14.1. The molecule has 0 spiro atoms. The van der Waals surface area contributed by atoms with Gasteiger partial charge >= 0.3 is 0 Å².